The van der Waals surface area contributed by atoms with Crippen LogP contribution in [0.15, 0.2) is 0 Å². The summed E-state index contributed by atoms with van der Waals surface area (Å²) in [5.74, 6) is -0.482. The van der Waals surface area contributed by atoms with Crippen LogP contribution >= 0.6 is 0 Å². The minimum atomic E-state index is -1.22. The summed E-state index contributed by atoms with van der Waals surface area (Å²) in [6.45, 7) is 3.46. The maximum Gasteiger partial charge on any atom is 0.338 e. The lowest BCUT2D eigenvalue weighted by Gasteiger charge is -2.19. The largest absolute Gasteiger partial charge is 0.461 e. The molecule has 1 saturated carbocycles. The number of hydrogen-bond acceptors (Lipinski definition) is 4. The van der Waals surface area contributed by atoms with E-state index in [4.69, 9.17) is 9.47 Å². The molecule has 0 aliphatic heterocycles. The molecule has 0 atom stereocenters. The van der Waals surface area contributed by atoms with Crippen molar-refractivity contribution in [3.8, 4) is 0 Å². The first-order chi connectivity index (χ1) is 7.69. The van der Waals surface area contributed by atoms with Gasteiger partial charge in [-0.1, -0.05) is 13.3 Å². The van der Waals surface area contributed by atoms with Crippen LogP contribution in [0.4, 0.5) is 0 Å². The van der Waals surface area contributed by atoms with Crippen LogP contribution in [-0.2, 0) is 14.3 Å². The van der Waals surface area contributed by atoms with Gasteiger partial charge in [-0.15, -0.1) is 0 Å². The third kappa shape index (κ3) is 4.10. The zero-order valence-corrected chi connectivity index (χ0v) is 10.0. The normalized spacial score (nSPS) is 18.6. The number of hydrogen-bond donors (Lipinski definition) is 1. The molecular weight excluding hydrogens is 208 g/mol. The molecule has 0 aromatic heterocycles. The number of ether oxygens (including phenoxy) is 2. The van der Waals surface area contributed by atoms with E-state index in [0.29, 0.717) is 26.1 Å². The summed E-state index contributed by atoms with van der Waals surface area (Å²) in [4.78, 5) is 11.5. The molecule has 1 N–H and O–H groups in total. The van der Waals surface area contributed by atoms with E-state index >= 15 is 0 Å². The lowest BCUT2D eigenvalue weighted by molar-refractivity contribution is -0.166. The molecule has 0 radical (unpaired) electrons. The van der Waals surface area contributed by atoms with Crippen LogP contribution in [0, 0.1) is 0 Å². The number of rotatable bonds is 7. The lowest BCUT2D eigenvalue weighted by atomic mass is 10.0. The van der Waals surface area contributed by atoms with Crippen molar-refractivity contribution in [3.63, 3.8) is 0 Å². The third-order valence-electron chi connectivity index (χ3n) is 2.91. The zero-order valence-electron chi connectivity index (χ0n) is 10.0. The maximum atomic E-state index is 11.5. The summed E-state index contributed by atoms with van der Waals surface area (Å²) < 4.78 is 10.3. The molecule has 4 nitrogen and oxygen atoms in total. The van der Waals surface area contributed by atoms with E-state index in [1.165, 1.54) is 0 Å². The van der Waals surface area contributed by atoms with Gasteiger partial charge in [-0.25, -0.2) is 4.79 Å². The fourth-order valence-corrected chi connectivity index (χ4v) is 1.84. The molecule has 1 fully saturated rings. The molecule has 0 heterocycles. The highest BCUT2D eigenvalue weighted by atomic mass is 16.6. The Kier molecular flexibility index (Phi) is 5.77. The molecule has 1 aliphatic carbocycles. The van der Waals surface area contributed by atoms with Crippen molar-refractivity contribution in [1.82, 2.24) is 0 Å². The second-order valence-electron chi connectivity index (χ2n) is 4.34. The molecule has 1 aliphatic rings. The number of carbonyl (C=O) groups is 1. The lowest BCUT2D eigenvalue weighted by Crippen LogP contribution is -2.37. The van der Waals surface area contributed by atoms with Crippen molar-refractivity contribution >= 4 is 5.97 Å². The van der Waals surface area contributed by atoms with Gasteiger partial charge in [0, 0.05) is 6.61 Å². The molecule has 0 spiro atoms. The van der Waals surface area contributed by atoms with Crippen molar-refractivity contribution in [2.24, 2.45) is 0 Å². The second-order valence-corrected chi connectivity index (χ2v) is 4.34. The van der Waals surface area contributed by atoms with Gasteiger partial charge in [-0.05, 0) is 32.1 Å². The van der Waals surface area contributed by atoms with Crippen LogP contribution in [0.1, 0.15) is 45.4 Å². The Hall–Kier alpha value is -0.610. The van der Waals surface area contributed by atoms with E-state index in [1.54, 1.807) is 0 Å². The van der Waals surface area contributed by atoms with Crippen LogP contribution in [0.5, 0.6) is 0 Å². The van der Waals surface area contributed by atoms with Gasteiger partial charge in [0.2, 0.25) is 0 Å². The van der Waals surface area contributed by atoms with Crippen molar-refractivity contribution in [3.05, 3.63) is 0 Å². The van der Waals surface area contributed by atoms with Gasteiger partial charge < -0.3 is 14.6 Å². The summed E-state index contributed by atoms with van der Waals surface area (Å²) in [6.07, 6.45) is 4.99. The van der Waals surface area contributed by atoms with Crippen LogP contribution in [0.25, 0.3) is 0 Å². The highest BCUT2D eigenvalue weighted by Crippen LogP contribution is 2.30. The fraction of sp³-hybridized carbons (Fsp3) is 0.917. The van der Waals surface area contributed by atoms with Gasteiger partial charge in [0.1, 0.15) is 6.61 Å². The first-order valence-corrected chi connectivity index (χ1v) is 6.16. The molecular formula is C12H22O4. The predicted molar refractivity (Wildman–Crippen MR) is 60.1 cm³/mol. The Balaban J connectivity index is 2.06. The van der Waals surface area contributed by atoms with Gasteiger partial charge in [-0.2, -0.15) is 0 Å². The van der Waals surface area contributed by atoms with Crippen molar-refractivity contribution in [1.29, 1.82) is 0 Å². The monoisotopic (exact) mass is 230 g/mol. The van der Waals surface area contributed by atoms with Gasteiger partial charge in [0.15, 0.2) is 5.60 Å². The van der Waals surface area contributed by atoms with Gasteiger partial charge >= 0.3 is 5.97 Å². The second kappa shape index (κ2) is 6.86. The first kappa shape index (κ1) is 13.5. The summed E-state index contributed by atoms with van der Waals surface area (Å²) in [7, 11) is 0. The quantitative estimate of drug-likeness (QED) is 0.533. The van der Waals surface area contributed by atoms with E-state index in [9.17, 15) is 9.90 Å². The number of carbonyl (C=O) groups excluding carboxylic acids is 1. The molecule has 1 rings (SSSR count). The number of unbranched alkanes of at least 4 members (excludes halogenated alkanes) is 1. The minimum Gasteiger partial charge on any atom is -0.461 e. The number of esters is 1. The number of aliphatic hydroxyl groups is 1. The van der Waals surface area contributed by atoms with Crippen LogP contribution in [-0.4, -0.2) is 36.5 Å². The molecule has 16 heavy (non-hydrogen) atoms. The molecule has 4 heteroatoms. The Bertz CT molecular complexity index is 209. The predicted octanol–water partition coefficient (Wildman–Crippen LogP) is 1.65. The van der Waals surface area contributed by atoms with Crippen molar-refractivity contribution < 1.29 is 19.4 Å². The SMILES string of the molecule is CCCCOCCOC(=O)C1(O)CCCC1. The van der Waals surface area contributed by atoms with E-state index in [-0.39, 0.29) is 6.61 Å². The standard InChI is InChI=1S/C12H22O4/c1-2-3-8-15-9-10-16-11(13)12(14)6-4-5-7-12/h14H,2-10H2,1H3. The Labute approximate surface area is 96.9 Å². The average Bonchev–Trinajstić information content (AvgIpc) is 2.71. The summed E-state index contributed by atoms with van der Waals surface area (Å²) in [5, 5.41) is 9.89. The van der Waals surface area contributed by atoms with Gasteiger partial charge in [-0.3, -0.25) is 0 Å². The van der Waals surface area contributed by atoms with E-state index in [1.807, 2.05) is 0 Å². The van der Waals surface area contributed by atoms with Crippen molar-refractivity contribution in [2.45, 2.75) is 51.0 Å². The Morgan fingerprint density at radius 1 is 1.25 bits per heavy atom. The fourth-order valence-electron chi connectivity index (χ4n) is 1.84. The molecule has 0 unspecified atom stereocenters. The summed E-state index contributed by atoms with van der Waals surface area (Å²) >= 11 is 0. The molecule has 0 bridgehead atoms. The topological polar surface area (TPSA) is 55.8 Å². The first-order valence-electron chi connectivity index (χ1n) is 6.16. The Morgan fingerprint density at radius 2 is 1.94 bits per heavy atom. The van der Waals surface area contributed by atoms with E-state index < -0.39 is 11.6 Å². The molecule has 0 saturated heterocycles. The average molecular weight is 230 g/mol. The molecule has 0 amide bonds. The highest BCUT2D eigenvalue weighted by Gasteiger charge is 2.40. The van der Waals surface area contributed by atoms with Gasteiger partial charge in [0.05, 0.1) is 6.61 Å². The van der Waals surface area contributed by atoms with E-state index in [2.05, 4.69) is 6.92 Å². The summed E-state index contributed by atoms with van der Waals surface area (Å²) in [6, 6.07) is 0. The minimum absolute atomic E-state index is 0.241. The van der Waals surface area contributed by atoms with E-state index in [0.717, 1.165) is 25.7 Å². The molecule has 0 aromatic carbocycles. The van der Waals surface area contributed by atoms with Crippen LogP contribution < -0.4 is 0 Å². The zero-order chi connectivity index (χ0) is 11.9. The summed E-state index contributed by atoms with van der Waals surface area (Å²) in [5.41, 5.74) is -1.22. The molecule has 94 valence electrons. The van der Waals surface area contributed by atoms with Crippen LogP contribution in [0.2, 0.25) is 0 Å². The van der Waals surface area contributed by atoms with Crippen LogP contribution in [0.3, 0.4) is 0 Å². The molecule has 0 aromatic rings. The Morgan fingerprint density at radius 3 is 2.56 bits per heavy atom. The van der Waals surface area contributed by atoms with Gasteiger partial charge in [0.25, 0.3) is 0 Å². The maximum absolute atomic E-state index is 11.5. The highest BCUT2D eigenvalue weighted by molar-refractivity contribution is 5.79. The van der Waals surface area contributed by atoms with Crippen molar-refractivity contribution in [2.75, 3.05) is 19.8 Å². The smallest absolute Gasteiger partial charge is 0.338 e. The third-order valence-corrected chi connectivity index (χ3v) is 2.91.